The number of carbonyl (C=O) groups is 3. The van der Waals surface area contributed by atoms with E-state index in [4.69, 9.17) is 4.84 Å². The molecule has 0 spiro atoms. The number of amides is 2. The Kier molecular flexibility index (Phi) is 9.46. The van der Waals surface area contributed by atoms with Gasteiger partial charge in [-0.05, 0) is 54.5 Å². The van der Waals surface area contributed by atoms with E-state index >= 15 is 0 Å². The SMILES string of the molecule is CN(CCCC(=O)ON1C(=O)CCC1=O)C1=CC(=CC2Sc3ccccc3N2C)c2ccccc2N1c1ccccc1.I. The molecule has 0 bridgehead atoms. The van der Waals surface area contributed by atoms with Gasteiger partial charge >= 0.3 is 5.97 Å². The molecule has 0 saturated carbocycles. The Labute approximate surface area is 272 Å². The number of halogens is 1. The summed E-state index contributed by atoms with van der Waals surface area (Å²) < 4.78 is 0. The molecule has 1 unspecified atom stereocenters. The number of nitrogens with zero attached hydrogens (tertiary/aromatic N) is 4. The average Bonchev–Trinajstić information content (AvgIpc) is 3.50. The Hall–Kier alpha value is -3.77. The van der Waals surface area contributed by atoms with Gasteiger partial charge in [0.2, 0.25) is 0 Å². The smallest absolute Gasteiger partial charge is 0.333 e. The Morgan fingerprint density at radius 2 is 1.60 bits per heavy atom. The standard InChI is InChI=1S/C33H32N4O4S.HI/c1-34(20-10-17-33(40)41-37-30(38)18-19-31(37)39)29-21-23(22-32-35(2)27-15-8-9-16-28(27)42-32)25-13-6-7-14-26(25)36(29)24-11-4-3-5-12-24;/h3-9,11-16,21-22,32H,10,17-20H2,1-2H3;1H. The zero-order valence-corrected chi connectivity index (χ0v) is 27.2. The van der Waals surface area contributed by atoms with Gasteiger partial charge in [-0.2, -0.15) is 0 Å². The number of allylic oxidation sites excluding steroid dienone is 2. The molecule has 8 nitrogen and oxygen atoms in total. The van der Waals surface area contributed by atoms with Gasteiger partial charge in [0.25, 0.3) is 11.8 Å². The van der Waals surface area contributed by atoms with Gasteiger partial charge in [0.05, 0.1) is 16.7 Å². The van der Waals surface area contributed by atoms with Gasteiger partial charge in [-0.15, -0.1) is 29.0 Å². The first-order chi connectivity index (χ1) is 20.4. The molecule has 1 fully saturated rings. The summed E-state index contributed by atoms with van der Waals surface area (Å²) in [7, 11) is 4.14. The van der Waals surface area contributed by atoms with E-state index in [1.165, 1.54) is 10.6 Å². The normalized spacial score (nSPS) is 18.3. The van der Waals surface area contributed by atoms with Crippen molar-refractivity contribution in [1.29, 1.82) is 0 Å². The van der Waals surface area contributed by atoms with Crippen LogP contribution in [0.3, 0.4) is 0 Å². The van der Waals surface area contributed by atoms with Crippen molar-refractivity contribution < 1.29 is 19.2 Å². The third-order valence-electron chi connectivity index (χ3n) is 7.65. The fourth-order valence-electron chi connectivity index (χ4n) is 5.46. The quantitative estimate of drug-likeness (QED) is 0.192. The third-order valence-corrected chi connectivity index (χ3v) is 8.94. The van der Waals surface area contributed by atoms with Crippen molar-refractivity contribution in [1.82, 2.24) is 9.96 Å². The zero-order chi connectivity index (χ0) is 29.2. The summed E-state index contributed by atoms with van der Waals surface area (Å²) in [6.07, 6.45) is 5.27. The predicted octanol–water partition coefficient (Wildman–Crippen LogP) is 6.57. The van der Waals surface area contributed by atoms with Crippen LogP contribution < -0.4 is 9.80 Å². The van der Waals surface area contributed by atoms with Gasteiger partial charge in [0.1, 0.15) is 5.82 Å². The highest BCUT2D eigenvalue weighted by molar-refractivity contribution is 14.0. The molecule has 1 saturated heterocycles. The number of thioether (sulfide) groups is 1. The van der Waals surface area contributed by atoms with Crippen molar-refractivity contribution >= 4 is 76.2 Å². The van der Waals surface area contributed by atoms with Gasteiger partial charge in [0, 0.05) is 56.0 Å². The number of carbonyl (C=O) groups excluding carboxylic acids is 3. The van der Waals surface area contributed by atoms with Crippen molar-refractivity contribution in [2.75, 3.05) is 30.4 Å². The number of anilines is 3. The first-order valence-electron chi connectivity index (χ1n) is 14.0. The van der Waals surface area contributed by atoms with Crippen molar-refractivity contribution in [3.05, 3.63) is 102 Å². The largest absolute Gasteiger partial charge is 0.361 e. The van der Waals surface area contributed by atoms with Gasteiger partial charge in [0.15, 0.2) is 0 Å². The topological polar surface area (TPSA) is 73.4 Å². The summed E-state index contributed by atoms with van der Waals surface area (Å²) in [5.74, 6) is -0.545. The van der Waals surface area contributed by atoms with E-state index < -0.39 is 17.8 Å². The van der Waals surface area contributed by atoms with Crippen molar-refractivity contribution in [3.8, 4) is 0 Å². The first-order valence-corrected chi connectivity index (χ1v) is 14.9. The lowest BCUT2D eigenvalue weighted by atomic mass is 9.97. The van der Waals surface area contributed by atoms with E-state index in [0.29, 0.717) is 18.0 Å². The first kappa shape index (κ1) is 30.7. The molecule has 2 amide bonds. The molecule has 1 atom stereocenters. The maximum Gasteiger partial charge on any atom is 0.333 e. The van der Waals surface area contributed by atoms with E-state index in [1.807, 2.05) is 37.0 Å². The van der Waals surface area contributed by atoms with E-state index in [9.17, 15) is 14.4 Å². The summed E-state index contributed by atoms with van der Waals surface area (Å²) in [6.45, 7) is 0.561. The number of hydrogen-bond donors (Lipinski definition) is 0. The fraction of sp³-hybridized carbons (Fsp3) is 0.242. The highest BCUT2D eigenvalue weighted by Gasteiger charge is 2.33. The molecule has 0 N–H and O–H groups in total. The third kappa shape index (κ3) is 6.30. The van der Waals surface area contributed by atoms with Crippen molar-refractivity contribution in [2.45, 2.75) is 36.0 Å². The van der Waals surface area contributed by atoms with Crippen LogP contribution in [0.25, 0.3) is 5.57 Å². The monoisotopic (exact) mass is 708 g/mol. The Balaban J connectivity index is 0.00000368. The van der Waals surface area contributed by atoms with Crippen molar-refractivity contribution in [3.63, 3.8) is 0 Å². The van der Waals surface area contributed by atoms with Gasteiger partial charge in [-0.1, -0.05) is 60.3 Å². The van der Waals surface area contributed by atoms with Crippen LogP contribution in [0.2, 0.25) is 0 Å². The molecule has 0 aliphatic carbocycles. The summed E-state index contributed by atoms with van der Waals surface area (Å²) in [5, 5.41) is 0.749. The molecule has 3 aromatic rings. The zero-order valence-electron chi connectivity index (χ0n) is 24.0. The molecule has 6 rings (SSSR count). The van der Waals surface area contributed by atoms with Crippen LogP contribution >= 0.6 is 35.7 Å². The highest BCUT2D eigenvalue weighted by atomic mass is 127. The van der Waals surface area contributed by atoms with Crippen LogP contribution in [-0.4, -0.2) is 53.8 Å². The second-order valence-corrected chi connectivity index (χ2v) is 11.6. The minimum absolute atomic E-state index is 0. The predicted molar refractivity (Wildman–Crippen MR) is 180 cm³/mol. The number of hydroxylamine groups is 2. The molecule has 3 aromatic carbocycles. The Morgan fingerprint density at radius 3 is 2.33 bits per heavy atom. The number of para-hydroxylation sites is 3. The molecular formula is C33H33IN4O4S. The molecular weight excluding hydrogens is 675 g/mol. The molecule has 0 radical (unpaired) electrons. The van der Waals surface area contributed by atoms with Crippen LogP contribution in [0.4, 0.5) is 17.1 Å². The number of imide groups is 1. The van der Waals surface area contributed by atoms with Crippen LogP contribution in [0.5, 0.6) is 0 Å². The number of fused-ring (bicyclic) bond motifs is 2. The summed E-state index contributed by atoms with van der Waals surface area (Å²) >= 11 is 1.84. The molecule has 3 aliphatic heterocycles. The van der Waals surface area contributed by atoms with E-state index in [2.05, 4.69) is 94.6 Å². The van der Waals surface area contributed by atoms with E-state index in [1.54, 1.807) is 0 Å². The maximum atomic E-state index is 12.4. The summed E-state index contributed by atoms with van der Waals surface area (Å²) in [5.41, 5.74) is 5.61. The molecule has 3 aliphatic rings. The van der Waals surface area contributed by atoms with Gasteiger partial charge < -0.3 is 14.6 Å². The maximum absolute atomic E-state index is 12.4. The molecule has 43 heavy (non-hydrogen) atoms. The van der Waals surface area contributed by atoms with E-state index in [-0.39, 0.29) is 48.6 Å². The van der Waals surface area contributed by atoms with Crippen molar-refractivity contribution in [2.24, 2.45) is 0 Å². The Morgan fingerprint density at radius 1 is 0.953 bits per heavy atom. The van der Waals surface area contributed by atoms with Crippen LogP contribution in [-0.2, 0) is 19.2 Å². The minimum Gasteiger partial charge on any atom is -0.361 e. The number of hydrogen-bond acceptors (Lipinski definition) is 8. The second-order valence-electron chi connectivity index (χ2n) is 10.5. The lowest BCUT2D eigenvalue weighted by Gasteiger charge is -2.38. The number of rotatable bonds is 8. The molecule has 3 heterocycles. The van der Waals surface area contributed by atoms with Gasteiger partial charge in [-0.25, -0.2) is 4.79 Å². The summed E-state index contributed by atoms with van der Waals surface area (Å²) in [4.78, 5) is 49.1. The molecule has 10 heteroatoms. The van der Waals surface area contributed by atoms with Gasteiger partial charge in [-0.3, -0.25) is 14.5 Å². The van der Waals surface area contributed by atoms with Crippen LogP contribution in [0, 0.1) is 0 Å². The number of likely N-dealkylation sites (N-methyl/N-ethyl adjacent to an activating group) is 1. The van der Waals surface area contributed by atoms with Crippen LogP contribution in [0.15, 0.2) is 102 Å². The number of benzene rings is 3. The second kappa shape index (κ2) is 13.3. The average molecular weight is 709 g/mol. The highest BCUT2D eigenvalue weighted by Crippen LogP contribution is 2.46. The Bertz CT molecular complexity index is 1580. The molecule has 222 valence electrons. The summed E-state index contributed by atoms with van der Waals surface area (Å²) in [6, 6.07) is 27.1. The molecule has 0 aromatic heterocycles. The fourth-order valence-corrected chi connectivity index (χ4v) is 6.70. The van der Waals surface area contributed by atoms with Crippen LogP contribution in [0.1, 0.15) is 31.2 Å². The lowest BCUT2D eigenvalue weighted by Crippen LogP contribution is -2.34. The van der Waals surface area contributed by atoms with E-state index in [0.717, 1.165) is 28.3 Å². The minimum atomic E-state index is -0.587. The lowest BCUT2D eigenvalue weighted by molar-refractivity contribution is -0.197.